The van der Waals surface area contributed by atoms with Crippen molar-refractivity contribution in [3.8, 4) is 0 Å². The summed E-state index contributed by atoms with van der Waals surface area (Å²) >= 11 is 0. The fraction of sp³-hybridized carbons (Fsp3) is 0.174. The number of alkyl halides is 3. The van der Waals surface area contributed by atoms with Crippen LogP contribution in [-0.4, -0.2) is 21.4 Å². The molecule has 2 aromatic carbocycles. The van der Waals surface area contributed by atoms with Gasteiger partial charge in [-0.25, -0.2) is 4.98 Å². The number of rotatable bonds is 5. The highest BCUT2D eigenvalue weighted by atomic mass is 19.4. The van der Waals surface area contributed by atoms with Crippen molar-refractivity contribution in [1.82, 2.24) is 9.55 Å². The second-order valence-electron chi connectivity index (χ2n) is 7.47. The number of imidazole rings is 1. The highest BCUT2D eigenvalue weighted by Crippen LogP contribution is 2.32. The van der Waals surface area contributed by atoms with Gasteiger partial charge in [-0.15, -0.1) is 0 Å². The Labute approximate surface area is 186 Å². The summed E-state index contributed by atoms with van der Waals surface area (Å²) in [4.78, 5) is 28.6. The Hall–Kier alpha value is -4.08. The number of halogens is 3. The molecule has 2 aromatic heterocycles. The normalized spacial score (nSPS) is 11.5. The number of aryl methyl sites for hydroxylation is 1. The van der Waals surface area contributed by atoms with E-state index in [-0.39, 0.29) is 29.5 Å². The molecule has 4 rings (SSSR count). The average molecular weight is 456 g/mol. The molecule has 0 atom stereocenters. The van der Waals surface area contributed by atoms with Crippen LogP contribution < -0.4 is 10.6 Å². The molecule has 0 aliphatic heterocycles. The molecule has 0 saturated heterocycles. The lowest BCUT2D eigenvalue weighted by molar-refractivity contribution is -0.137. The van der Waals surface area contributed by atoms with Crippen LogP contribution in [-0.2, 0) is 17.5 Å². The highest BCUT2D eigenvalue weighted by Gasteiger charge is 2.31. The maximum Gasteiger partial charge on any atom is 0.416 e. The van der Waals surface area contributed by atoms with Crippen molar-refractivity contribution >= 4 is 34.5 Å². The number of furan rings is 1. The van der Waals surface area contributed by atoms with Gasteiger partial charge in [0, 0.05) is 18.2 Å². The van der Waals surface area contributed by atoms with Gasteiger partial charge in [0.15, 0.2) is 0 Å². The van der Waals surface area contributed by atoms with Gasteiger partial charge in [-0.2, -0.15) is 13.2 Å². The van der Waals surface area contributed by atoms with Crippen molar-refractivity contribution in [2.45, 2.75) is 26.6 Å². The van der Waals surface area contributed by atoms with E-state index < -0.39 is 17.6 Å². The SMILES string of the molecule is CC(=O)Nc1cc(C(=O)Nc2nc3cc(C(F)(F)F)ccc3n2Cc2ccco2)ccc1C. The molecule has 0 spiro atoms. The van der Waals surface area contributed by atoms with Crippen molar-refractivity contribution in [2.75, 3.05) is 10.6 Å². The Kier molecular flexibility index (Phi) is 5.67. The fourth-order valence-corrected chi connectivity index (χ4v) is 3.38. The number of anilines is 2. The third kappa shape index (κ3) is 4.74. The van der Waals surface area contributed by atoms with Gasteiger partial charge >= 0.3 is 6.18 Å². The van der Waals surface area contributed by atoms with Crippen molar-refractivity contribution in [3.63, 3.8) is 0 Å². The Balaban J connectivity index is 1.73. The molecule has 2 N–H and O–H groups in total. The van der Waals surface area contributed by atoms with Gasteiger partial charge in [-0.1, -0.05) is 6.07 Å². The molecule has 10 heteroatoms. The zero-order valence-corrected chi connectivity index (χ0v) is 17.7. The first-order valence-electron chi connectivity index (χ1n) is 9.91. The quantitative estimate of drug-likeness (QED) is 0.431. The monoisotopic (exact) mass is 456 g/mol. The smallest absolute Gasteiger partial charge is 0.416 e. The molecule has 0 saturated carbocycles. The van der Waals surface area contributed by atoms with Gasteiger partial charge < -0.3 is 14.3 Å². The summed E-state index contributed by atoms with van der Waals surface area (Å²) in [5, 5.41) is 5.32. The van der Waals surface area contributed by atoms with E-state index in [9.17, 15) is 22.8 Å². The number of nitrogens with one attached hydrogen (secondary N) is 2. The Morgan fingerprint density at radius 1 is 1.09 bits per heavy atom. The molecule has 7 nitrogen and oxygen atoms in total. The van der Waals surface area contributed by atoms with Crippen LogP contribution >= 0.6 is 0 Å². The first-order valence-corrected chi connectivity index (χ1v) is 9.91. The van der Waals surface area contributed by atoms with Crippen LogP contribution in [0.5, 0.6) is 0 Å². The first kappa shape index (κ1) is 22.1. The number of aromatic nitrogens is 2. The maximum absolute atomic E-state index is 13.2. The number of benzene rings is 2. The minimum absolute atomic E-state index is 0.0624. The second-order valence-corrected chi connectivity index (χ2v) is 7.47. The fourth-order valence-electron chi connectivity index (χ4n) is 3.38. The van der Waals surface area contributed by atoms with Gasteiger partial charge in [-0.3, -0.25) is 14.9 Å². The largest absolute Gasteiger partial charge is 0.467 e. The molecular weight excluding hydrogens is 437 g/mol. The van der Waals surface area contributed by atoms with E-state index in [0.29, 0.717) is 17.0 Å². The topological polar surface area (TPSA) is 89.2 Å². The van der Waals surface area contributed by atoms with E-state index in [1.807, 2.05) is 0 Å². The van der Waals surface area contributed by atoms with Crippen LogP contribution in [0, 0.1) is 6.92 Å². The number of hydrogen-bond donors (Lipinski definition) is 2. The molecule has 2 heterocycles. The molecular formula is C23H19F3N4O3. The van der Waals surface area contributed by atoms with E-state index in [1.54, 1.807) is 35.8 Å². The summed E-state index contributed by atoms with van der Waals surface area (Å²) in [5.41, 5.74) is 1.14. The van der Waals surface area contributed by atoms with E-state index in [1.165, 1.54) is 25.3 Å². The lowest BCUT2D eigenvalue weighted by Crippen LogP contribution is -2.17. The van der Waals surface area contributed by atoms with E-state index in [4.69, 9.17) is 4.42 Å². The molecule has 0 fully saturated rings. The highest BCUT2D eigenvalue weighted by molar-refractivity contribution is 6.05. The van der Waals surface area contributed by atoms with Crippen LogP contribution in [0.4, 0.5) is 24.8 Å². The second kappa shape index (κ2) is 8.45. The lowest BCUT2D eigenvalue weighted by atomic mass is 10.1. The van der Waals surface area contributed by atoms with Crippen molar-refractivity contribution in [2.24, 2.45) is 0 Å². The molecule has 0 bridgehead atoms. The molecule has 0 aliphatic rings. The van der Waals surface area contributed by atoms with E-state index in [2.05, 4.69) is 15.6 Å². The molecule has 2 amide bonds. The van der Waals surface area contributed by atoms with Crippen LogP contribution in [0.25, 0.3) is 11.0 Å². The summed E-state index contributed by atoms with van der Waals surface area (Å²) in [7, 11) is 0. The molecule has 0 aliphatic carbocycles. The minimum Gasteiger partial charge on any atom is -0.467 e. The van der Waals surface area contributed by atoms with Crippen molar-refractivity contribution in [1.29, 1.82) is 0 Å². The maximum atomic E-state index is 13.2. The predicted octanol–water partition coefficient (Wildman–Crippen LogP) is 5.22. The van der Waals surface area contributed by atoms with E-state index >= 15 is 0 Å². The minimum atomic E-state index is -4.52. The zero-order chi connectivity index (χ0) is 23.8. The van der Waals surface area contributed by atoms with Gasteiger partial charge in [0.1, 0.15) is 5.76 Å². The summed E-state index contributed by atoms with van der Waals surface area (Å²) in [6.07, 6.45) is -3.05. The number of hydrogen-bond acceptors (Lipinski definition) is 4. The molecule has 0 unspecified atom stereocenters. The Morgan fingerprint density at radius 2 is 1.88 bits per heavy atom. The number of carbonyl (C=O) groups is 2. The predicted molar refractivity (Wildman–Crippen MR) is 116 cm³/mol. The summed E-state index contributed by atoms with van der Waals surface area (Å²) in [6.45, 7) is 3.29. The molecule has 33 heavy (non-hydrogen) atoms. The van der Waals surface area contributed by atoms with E-state index in [0.717, 1.165) is 17.7 Å². The zero-order valence-electron chi connectivity index (χ0n) is 17.7. The van der Waals surface area contributed by atoms with Crippen LogP contribution in [0.2, 0.25) is 0 Å². The summed E-state index contributed by atoms with van der Waals surface area (Å²) < 4.78 is 46.4. The summed E-state index contributed by atoms with van der Waals surface area (Å²) in [6, 6.07) is 11.4. The van der Waals surface area contributed by atoms with Gasteiger partial charge in [0.05, 0.1) is 29.4 Å². The van der Waals surface area contributed by atoms with Gasteiger partial charge in [-0.05, 0) is 55.0 Å². The Morgan fingerprint density at radius 3 is 2.55 bits per heavy atom. The average Bonchev–Trinajstić information content (AvgIpc) is 3.37. The standard InChI is InChI=1S/C23H19F3N4O3/c1-13-5-6-15(10-18(13)27-14(2)31)21(32)29-22-28-19-11-16(23(24,25)26)7-8-20(19)30(22)12-17-4-3-9-33-17/h3-11H,12H2,1-2H3,(H,27,31)(H,28,29,32). The van der Waals surface area contributed by atoms with Crippen LogP contribution in [0.1, 0.15) is 34.2 Å². The molecule has 4 aromatic rings. The molecule has 170 valence electrons. The third-order valence-electron chi connectivity index (χ3n) is 5.01. The van der Waals surface area contributed by atoms with Crippen LogP contribution in [0.15, 0.2) is 59.2 Å². The van der Waals surface area contributed by atoms with Crippen molar-refractivity contribution < 1.29 is 27.2 Å². The number of fused-ring (bicyclic) bond motifs is 1. The molecule has 0 radical (unpaired) electrons. The number of carbonyl (C=O) groups excluding carboxylic acids is 2. The van der Waals surface area contributed by atoms with Crippen molar-refractivity contribution in [3.05, 3.63) is 77.2 Å². The Bertz CT molecular complexity index is 1340. The van der Waals surface area contributed by atoms with Crippen LogP contribution in [0.3, 0.4) is 0 Å². The number of amides is 2. The first-order chi connectivity index (χ1) is 15.6. The van der Waals surface area contributed by atoms with Gasteiger partial charge in [0.2, 0.25) is 11.9 Å². The number of nitrogens with zero attached hydrogens (tertiary/aromatic N) is 2. The van der Waals surface area contributed by atoms with Gasteiger partial charge in [0.25, 0.3) is 5.91 Å². The summed E-state index contributed by atoms with van der Waals surface area (Å²) in [5.74, 6) is -0.217. The third-order valence-corrected chi connectivity index (χ3v) is 5.01. The lowest BCUT2D eigenvalue weighted by Gasteiger charge is -2.11.